The highest BCUT2D eigenvalue weighted by molar-refractivity contribution is 6.42. The normalized spacial score (nSPS) is 14.8. The van der Waals surface area contributed by atoms with Gasteiger partial charge in [0.1, 0.15) is 17.2 Å². The SMILES string of the molecule is N#Cc1ccc(-c2ccc(/C=C3/NC(=O)N(Cc4ccc(Cl)c(Cl)c4)C3=O)o2)cc1. The zero-order valence-corrected chi connectivity index (χ0v) is 16.9. The first kappa shape index (κ1) is 19.8. The van der Waals surface area contributed by atoms with Crippen molar-refractivity contribution in [3.63, 3.8) is 0 Å². The van der Waals surface area contributed by atoms with Crippen molar-refractivity contribution < 1.29 is 14.0 Å². The van der Waals surface area contributed by atoms with Crippen LogP contribution in [0.5, 0.6) is 0 Å². The molecule has 0 unspecified atom stereocenters. The van der Waals surface area contributed by atoms with Crippen LogP contribution in [-0.4, -0.2) is 16.8 Å². The Hall–Kier alpha value is -3.53. The van der Waals surface area contributed by atoms with Crippen LogP contribution in [0.3, 0.4) is 0 Å². The Morgan fingerprint density at radius 2 is 1.80 bits per heavy atom. The topological polar surface area (TPSA) is 86.3 Å². The van der Waals surface area contributed by atoms with Crippen LogP contribution < -0.4 is 5.32 Å². The summed E-state index contributed by atoms with van der Waals surface area (Å²) < 4.78 is 5.76. The molecule has 1 saturated heterocycles. The second-order valence-electron chi connectivity index (χ2n) is 6.52. The quantitative estimate of drug-likeness (QED) is 0.447. The number of imide groups is 1. The highest BCUT2D eigenvalue weighted by atomic mass is 35.5. The van der Waals surface area contributed by atoms with Crippen molar-refractivity contribution in [3.05, 3.63) is 87.2 Å². The fourth-order valence-electron chi connectivity index (χ4n) is 2.97. The standard InChI is InChI=1S/C22H13Cl2N3O3/c23-17-7-3-14(9-18(17)24)12-27-21(28)19(26-22(27)29)10-16-6-8-20(30-16)15-4-1-13(11-25)2-5-15/h1-10H,12H2,(H,26,29)/b19-10+. The molecule has 2 aromatic carbocycles. The van der Waals surface area contributed by atoms with Gasteiger partial charge in [0.15, 0.2) is 0 Å². The number of nitrogens with zero attached hydrogens (tertiary/aromatic N) is 2. The molecular weight excluding hydrogens is 425 g/mol. The molecule has 2 heterocycles. The third kappa shape index (κ3) is 3.94. The lowest BCUT2D eigenvalue weighted by molar-refractivity contribution is -0.123. The van der Waals surface area contributed by atoms with Crippen molar-refractivity contribution in [2.45, 2.75) is 6.54 Å². The van der Waals surface area contributed by atoms with Crippen LogP contribution in [0.1, 0.15) is 16.9 Å². The Balaban J connectivity index is 1.52. The summed E-state index contributed by atoms with van der Waals surface area (Å²) in [5.41, 5.74) is 2.13. The summed E-state index contributed by atoms with van der Waals surface area (Å²) in [6.45, 7) is 0.0630. The lowest BCUT2D eigenvalue weighted by Gasteiger charge is -2.12. The van der Waals surface area contributed by atoms with Crippen LogP contribution in [0, 0.1) is 11.3 Å². The zero-order valence-electron chi connectivity index (χ0n) is 15.4. The second kappa shape index (κ2) is 8.07. The molecule has 0 aliphatic carbocycles. The lowest BCUT2D eigenvalue weighted by Crippen LogP contribution is -2.30. The summed E-state index contributed by atoms with van der Waals surface area (Å²) in [6, 6.07) is 16.8. The van der Waals surface area contributed by atoms with Crippen LogP contribution in [-0.2, 0) is 11.3 Å². The van der Waals surface area contributed by atoms with Gasteiger partial charge in [0, 0.05) is 11.6 Å². The van der Waals surface area contributed by atoms with Gasteiger partial charge in [-0.3, -0.25) is 9.69 Å². The molecule has 30 heavy (non-hydrogen) atoms. The van der Waals surface area contributed by atoms with E-state index in [1.807, 2.05) is 0 Å². The molecule has 0 atom stereocenters. The van der Waals surface area contributed by atoms with Crippen LogP contribution in [0.4, 0.5) is 4.79 Å². The number of benzene rings is 2. The maximum atomic E-state index is 12.7. The minimum atomic E-state index is -0.531. The maximum absolute atomic E-state index is 12.7. The Kier molecular flexibility index (Phi) is 5.32. The van der Waals surface area contributed by atoms with Gasteiger partial charge in [-0.2, -0.15) is 5.26 Å². The molecule has 4 rings (SSSR count). The van der Waals surface area contributed by atoms with E-state index in [-0.39, 0.29) is 12.2 Å². The summed E-state index contributed by atoms with van der Waals surface area (Å²) in [7, 11) is 0. The number of carbonyl (C=O) groups is 2. The largest absolute Gasteiger partial charge is 0.457 e. The molecule has 1 N–H and O–H groups in total. The molecule has 0 radical (unpaired) electrons. The molecule has 1 aromatic heterocycles. The molecule has 0 bridgehead atoms. The van der Waals surface area contributed by atoms with E-state index in [0.29, 0.717) is 32.7 Å². The second-order valence-corrected chi connectivity index (χ2v) is 7.33. The molecule has 8 heteroatoms. The van der Waals surface area contributed by atoms with Gasteiger partial charge >= 0.3 is 6.03 Å². The first-order chi connectivity index (χ1) is 14.4. The average Bonchev–Trinajstić information content (AvgIpc) is 3.31. The molecule has 0 spiro atoms. The molecule has 0 saturated carbocycles. The Morgan fingerprint density at radius 1 is 1.03 bits per heavy atom. The number of carbonyl (C=O) groups excluding carboxylic acids is 2. The molecule has 3 aromatic rings. The number of nitrogens with one attached hydrogen (secondary N) is 1. The monoisotopic (exact) mass is 437 g/mol. The number of hydrogen-bond donors (Lipinski definition) is 1. The van der Waals surface area contributed by atoms with Gasteiger partial charge in [0.25, 0.3) is 5.91 Å². The van der Waals surface area contributed by atoms with Gasteiger partial charge in [0.05, 0.1) is 28.2 Å². The molecule has 1 aliphatic heterocycles. The number of furan rings is 1. The predicted molar refractivity (Wildman–Crippen MR) is 112 cm³/mol. The van der Waals surface area contributed by atoms with E-state index in [9.17, 15) is 9.59 Å². The van der Waals surface area contributed by atoms with Crippen molar-refractivity contribution in [2.75, 3.05) is 0 Å². The van der Waals surface area contributed by atoms with E-state index >= 15 is 0 Å². The van der Waals surface area contributed by atoms with Gasteiger partial charge in [0.2, 0.25) is 0 Å². The van der Waals surface area contributed by atoms with E-state index in [2.05, 4.69) is 11.4 Å². The van der Waals surface area contributed by atoms with Crippen LogP contribution in [0.25, 0.3) is 17.4 Å². The van der Waals surface area contributed by atoms with Crippen molar-refractivity contribution in [1.82, 2.24) is 10.2 Å². The number of nitriles is 1. The van der Waals surface area contributed by atoms with E-state index in [0.717, 1.165) is 10.5 Å². The number of rotatable bonds is 4. The number of urea groups is 1. The highest BCUT2D eigenvalue weighted by Gasteiger charge is 2.33. The average molecular weight is 438 g/mol. The Labute approximate surface area is 181 Å². The van der Waals surface area contributed by atoms with Crippen molar-refractivity contribution >= 4 is 41.2 Å². The van der Waals surface area contributed by atoms with Crippen molar-refractivity contribution in [3.8, 4) is 17.4 Å². The molecule has 148 valence electrons. The summed E-state index contributed by atoms with van der Waals surface area (Å²) >= 11 is 11.9. The van der Waals surface area contributed by atoms with Crippen LogP contribution >= 0.6 is 23.2 Å². The fraction of sp³-hybridized carbons (Fsp3) is 0.0455. The van der Waals surface area contributed by atoms with Gasteiger partial charge in [-0.1, -0.05) is 29.3 Å². The first-order valence-electron chi connectivity index (χ1n) is 8.83. The molecular formula is C22H13Cl2N3O3. The third-order valence-electron chi connectivity index (χ3n) is 4.50. The highest BCUT2D eigenvalue weighted by Crippen LogP contribution is 2.26. The summed E-state index contributed by atoms with van der Waals surface area (Å²) in [5, 5.41) is 12.2. The summed E-state index contributed by atoms with van der Waals surface area (Å²) in [6.07, 6.45) is 1.47. The summed E-state index contributed by atoms with van der Waals surface area (Å²) in [5.74, 6) is 0.521. The Bertz CT molecular complexity index is 1220. The molecule has 1 aliphatic rings. The molecule has 6 nitrogen and oxygen atoms in total. The van der Waals surface area contributed by atoms with E-state index in [1.54, 1.807) is 54.6 Å². The van der Waals surface area contributed by atoms with Crippen molar-refractivity contribution in [1.29, 1.82) is 5.26 Å². The van der Waals surface area contributed by atoms with Crippen molar-refractivity contribution in [2.24, 2.45) is 0 Å². The van der Waals surface area contributed by atoms with Crippen LogP contribution in [0.15, 0.2) is 64.7 Å². The molecule has 3 amide bonds. The zero-order chi connectivity index (χ0) is 21.3. The fourth-order valence-corrected chi connectivity index (χ4v) is 3.29. The maximum Gasteiger partial charge on any atom is 0.329 e. The third-order valence-corrected chi connectivity index (χ3v) is 5.24. The van der Waals surface area contributed by atoms with E-state index < -0.39 is 11.9 Å². The van der Waals surface area contributed by atoms with E-state index in [4.69, 9.17) is 32.9 Å². The van der Waals surface area contributed by atoms with Crippen LogP contribution in [0.2, 0.25) is 10.0 Å². The lowest BCUT2D eigenvalue weighted by atomic mass is 10.1. The first-order valence-corrected chi connectivity index (χ1v) is 9.59. The predicted octanol–water partition coefficient (Wildman–Crippen LogP) is 5.22. The summed E-state index contributed by atoms with van der Waals surface area (Å²) in [4.78, 5) is 26.0. The van der Waals surface area contributed by atoms with Gasteiger partial charge in [-0.15, -0.1) is 0 Å². The van der Waals surface area contributed by atoms with E-state index in [1.165, 1.54) is 6.08 Å². The van der Waals surface area contributed by atoms with Gasteiger partial charge in [-0.05, 0) is 54.1 Å². The van der Waals surface area contributed by atoms with Gasteiger partial charge in [-0.25, -0.2) is 4.79 Å². The number of hydrogen-bond acceptors (Lipinski definition) is 4. The van der Waals surface area contributed by atoms with Gasteiger partial charge < -0.3 is 9.73 Å². The minimum absolute atomic E-state index is 0.0630. The smallest absolute Gasteiger partial charge is 0.329 e. The number of halogens is 2. The Morgan fingerprint density at radius 3 is 2.50 bits per heavy atom. The minimum Gasteiger partial charge on any atom is -0.457 e. The molecule has 1 fully saturated rings. The number of amides is 3.